The molecule has 1 aromatic carbocycles. The van der Waals surface area contributed by atoms with Crippen LogP contribution in [0.5, 0.6) is 0 Å². The lowest BCUT2D eigenvalue weighted by Crippen LogP contribution is -2.82. The highest BCUT2D eigenvalue weighted by Gasteiger charge is 2.78. The third-order valence-electron chi connectivity index (χ3n) is 12.2. The lowest BCUT2D eigenvalue weighted by atomic mass is 9.44. The van der Waals surface area contributed by atoms with E-state index in [1.54, 1.807) is 58.0 Å². The molecule has 46 heavy (non-hydrogen) atoms. The summed E-state index contributed by atoms with van der Waals surface area (Å²) in [4.78, 5) is 41.9. The van der Waals surface area contributed by atoms with Crippen molar-refractivity contribution in [2.45, 2.75) is 128 Å². The molecule has 0 spiro atoms. The second-order valence-corrected chi connectivity index (χ2v) is 19.2. The maximum Gasteiger partial charge on any atom is 0.338 e. The summed E-state index contributed by atoms with van der Waals surface area (Å²) in [6, 6.07) is 10.7. The molecule has 0 radical (unpaired) electrons. The van der Waals surface area contributed by atoms with E-state index in [9.17, 15) is 24.9 Å². The minimum Gasteiger partial charge on any atom is -0.455 e. The van der Waals surface area contributed by atoms with Crippen molar-refractivity contribution in [2.24, 2.45) is 16.7 Å². The average molecular weight is 659 g/mol. The molecule has 3 fully saturated rings. The molecule has 0 aromatic heterocycles. The molecule has 9 atom stereocenters. The highest BCUT2D eigenvalue weighted by molar-refractivity contribution is 6.73. The molecule has 10 nitrogen and oxygen atoms in total. The fourth-order valence-electron chi connectivity index (χ4n) is 9.11. The third-order valence-corrected chi connectivity index (χ3v) is 16.9. The zero-order chi connectivity index (χ0) is 34.0. The summed E-state index contributed by atoms with van der Waals surface area (Å²) in [5, 5.41) is 36.5. The zero-order valence-electron chi connectivity index (χ0n) is 28.3. The first-order valence-corrected chi connectivity index (χ1v) is 19.1. The number of aliphatic hydroxyl groups is 3. The number of ketones is 1. The van der Waals surface area contributed by atoms with Crippen LogP contribution in [0, 0.1) is 16.7 Å². The van der Waals surface area contributed by atoms with Crippen LogP contribution in [-0.2, 0) is 28.2 Å². The summed E-state index contributed by atoms with van der Waals surface area (Å²) in [6.45, 7) is 14.1. The summed E-state index contributed by atoms with van der Waals surface area (Å²) in [7, 11) is -2.42. The Hall–Kier alpha value is -2.41. The van der Waals surface area contributed by atoms with Crippen molar-refractivity contribution in [3.8, 4) is 0 Å². The van der Waals surface area contributed by atoms with Crippen LogP contribution in [0.2, 0.25) is 18.1 Å². The van der Waals surface area contributed by atoms with Gasteiger partial charge in [-0.05, 0) is 55.3 Å². The molecule has 0 amide bonds. The van der Waals surface area contributed by atoms with E-state index in [-0.39, 0.29) is 30.6 Å². The van der Waals surface area contributed by atoms with Crippen LogP contribution in [0.1, 0.15) is 78.6 Å². The van der Waals surface area contributed by atoms with Gasteiger partial charge in [-0.1, -0.05) is 52.8 Å². The van der Waals surface area contributed by atoms with Crippen LogP contribution < -0.4 is 0 Å². The predicted octanol–water partition coefficient (Wildman–Crippen LogP) is 4.11. The molecule has 254 valence electrons. The Balaban J connectivity index is 1.84. The molecule has 1 aliphatic heterocycles. The van der Waals surface area contributed by atoms with E-state index in [1.807, 2.05) is 0 Å². The summed E-state index contributed by atoms with van der Waals surface area (Å²) in [5.74, 6) is -3.16. The van der Waals surface area contributed by atoms with Gasteiger partial charge in [-0.3, -0.25) is 9.59 Å². The maximum atomic E-state index is 15.1. The Morgan fingerprint density at radius 1 is 1.04 bits per heavy atom. The lowest BCUT2D eigenvalue weighted by Gasteiger charge is -2.68. The van der Waals surface area contributed by atoms with E-state index >= 15 is 4.79 Å². The molecular formula is C35H50O10Si. The Labute approximate surface area is 272 Å². The molecule has 2 bridgehead atoms. The number of hydrogen-bond acceptors (Lipinski definition) is 10. The van der Waals surface area contributed by atoms with Gasteiger partial charge in [0, 0.05) is 25.2 Å². The standard InChI is InChI=1S/C35H50O10Si/c1-9-46(10-2,11-3)45-24-17-25-34(19-42-25,44-21(5)36)28-30(43-31(40)22-15-13-12-14-16-22)35(41)18-23(37)20(4)26(32(35,6)7)27(38)29(39)33(24,28)8/h12-16,23-25,27-28,30,37-38,41H,9-11,17-19H2,1-8H3/t23-,24-,25+,27-,28?,30?,33+,34-,35+/m0/s1. The minimum absolute atomic E-state index is 0.105. The maximum absolute atomic E-state index is 15.1. The first-order valence-electron chi connectivity index (χ1n) is 16.6. The minimum atomic E-state index is -2.42. The Morgan fingerprint density at radius 2 is 1.65 bits per heavy atom. The van der Waals surface area contributed by atoms with Crippen molar-refractivity contribution >= 4 is 26.0 Å². The number of carbonyl (C=O) groups is 3. The SMILES string of the molecule is CC[Si](CC)(CC)O[C@H]1C[C@H]2OC[C@@]2(OC(C)=O)C2C(OC(=O)c3ccccc3)[C@]3(O)C[C@H](O)C(C)=C([C@H](O)C(=O)[C@@]21C)C3(C)C. The average Bonchev–Trinajstić information content (AvgIpc) is 3.01. The topological polar surface area (TPSA) is 149 Å². The number of ether oxygens (including phenoxy) is 3. The van der Waals surface area contributed by atoms with Crippen LogP contribution in [0.15, 0.2) is 41.5 Å². The smallest absolute Gasteiger partial charge is 0.338 e. The first-order chi connectivity index (χ1) is 21.5. The van der Waals surface area contributed by atoms with Crippen LogP contribution in [-0.4, -0.2) is 89.7 Å². The third kappa shape index (κ3) is 4.87. The zero-order valence-corrected chi connectivity index (χ0v) is 29.3. The second kappa shape index (κ2) is 11.9. The van der Waals surface area contributed by atoms with Gasteiger partial charge < -0.3 is 34.0 Å². The number of hydrogen-bond donors (Lipinski definition) is 3. The normalized spacial score (nSPS) is 38.5. The molecule has 1 heterocycles. The fraction of sp³-hybridized carbons (Fsp3) is 0.686. The summed E-state index contributed by atoms with van der Waals surface area (Å²) in [5.41, 5.74) is -5.70. The van der Waals surface area contributed by atoms with Gasteiger partial charge in [0.2, 0.25) is 0 Å². The monoisotopic (exact) mass is 658 g/mol. The van der Waals surface area contributed by atoms with Gasteiger partial charge in [0.15, 0.2) is 19.7 Å². The Morgan fingerprint density at radius 3 is 2.17 bits per heavy atom. The van der Waals surface area contributed by atoms with Crippen LogP contribution >= 0.6 is 0 Å². The molecule has 1 aromatic rings. The number of carbonyl (C=O) groups excluding carboxylic acids is 3. The van der Waals surface area contributed by atoms with Crippen LogP contribution in [0.25, 0.3) is 0 Å². The quantitative estimate of drug-likeness (QED) is 0.212. The van der Waals surface area contributed by atoms with E-state index in [0.717, 1.165) is 18.1 Å². The summed E-state index contributed by atoms with van der Waals surface area (Å²) < 4.78 is 25.7. The van der Waals surface area contributed by atoms with E-state index in [1.165, 1.54) is 6.92 Å². The van der Waals surface area contributed by atoms with Crippen molar-refractivity contribution in [3.63, 3.8) is 0 Å². The molecule has 4 aliphatic rings. The number of aliphatic hydroxyl groups excluding tert-OH is 2. The Bertz CT molecular complexity index is 1400. The highest BCUT2D eigenvalue weighted by atomic mass is 28.4. The van der Waals surface area contributed by atoms with Crippen molar-refractivity contribution < 1.29 is 48.3 Å². The number of Topliss-reactive ketones (excluding diaryl/α,β-unsaturated/α-hetero) is 1. The van der Waals surface area contributed by atoms with Gasteiger partial charge >= 0.3 is 11.9 Å². The molecule has 3 aliphatic carbocycles. The molecular weight excluding hydrogens is 608 g/mol. The molecule has 3 N–H and O–H groups in total. The highest BCUT2D eigenvalue weighted by Crippen LogP contribution is 2.64. The predicted molar refractivity (Wildman–Crippen MR) is 171 cm³/mol. The van der Waals surface area contributed by atoms with Gasteiger partial charge in [-0.2, -0.15) is 0 Å². The number of esters is 2. The Kier molecular flexibility index (Phi) is 9.05. The second-order valence-electron chi connectivity index (χ2n) is 14.5. The number of rotatable bonds is 8. The molecule has 11 heteroatoms. The first kappa shape index (κ1) is 34.9. The van der Waals surface area contributed by atoms with Crippen LogP contribution in [0.4, 0.5) is 0 Å². The van der Waals surface area contributed by atoms with Gasteiger partial charge in [0.05, 0.1) is 35.7 Å². The largest absolute Gasteiger partial charge is 0.455 e. The van der Waals surface area contributed by atoms with Crippen molar-refractivity contribution in [3.05, 3.63) is 47.0 Å². The van der Waals surface area contributed by atoms with Crippen molar-refractivity contribution in [1.29, 1.82) is 0 Å². The summed E-state index contributed by atoms with van der Waals surface area (Å²) in [6.07, 6.45) is -6.03. The molecule has 2 unspecified atom stereocenters. The van der Waals surface area contributed by atoms with Gasteiger partial charge in [-0.15, -0.1) is 0 Å². The van der Waals surface area contributed by atoms with Crippen molar-refractivity contribution in [1.82, 2.24) is 0 Å². The van der Waals surface area contributed by atoms with Gasteiger partial charge in [-0.25, -0.2) is 4.79 Å². The van der Waals surface area contributed by atoms with E-state index in [2.05, 4.69) is 20.8 Å². The van der Waals surface area contributed by atoms with E-state index < -0.39 is 84.5 Å². The molecule has 1 saturated heterocycles. The van der Waals surface area contributed by atoms with E-state index in [0.29, 0.717) is 5.57 Å². The van der Waals surface area contributed by atoms with Crippen LogP contribution in [0.3, 0.4) is 0 Å². The van der Waals surface area contributed by atoms with Gasteiger partial charge in [0.1, 0.15) is 23.9 Å². The number of benzene rings is 1. The van der Waals surface area contributed by atoms with E-state index in [4.69, 9.17) is 18.6 Å². The summed E-state index contributed by atoms with van der Waals surface area (Å²) >= 11 is 0. The number of fused-ring (bicyclic) bond motifs is 5. The molecule has 2 saturated carbocycles. The van der Waals surface area contributed by atoms with Crippen molar-refractivity contribution in [2.75, 3.05) is 6.61 Å². The fourth-order valence-corrected chi connectivity index (χ4v) is 12.1. The van der Waals surface area contributed by atoms with Gasteiger partial charge in [0.25, 0.3) is 0 Å². The molecule has 5 rings (SSSR count). The lowest BCUT2D eigenvalue weighted by molar-refractivity contribution is -0.344.